The molecule has 7 nitrogen and oxygen atoms in total. The van der Waals surface area contributed by atoms with Crippen LogP contribution in [0.3, 0.4) is 0 Å². The molecular weight excluding hydrogens is 290 g/mol. The second-order valence-electron chi connectivity index (χ2n) is 4.43. The highest BCUT2D eigenvalue weighted by molar-refractivity contribution is 7.15. The molecule has 2 heterocycles. The van der Waals surface area contributed by atoms with E-state index in [0.717, 1.165) is 21.1 Å². The van der Waals surface area contributed by atoms with Gasteiger partial charge in [-0.3, -0.25) is 15.2 Å². The van der Waals surface area contributed by atoms with Crippen molar-refractivity contribution in [3.05, 3.63) is 45.5 Å². The smallest absolute Gasteiger partial charge is 0.270 e. The number of aryl methyl sites for hydroxylation is 1. The summed E-state index contributed by atoms with van der Waals surface area (Å²) in [4.78, 5) is 16.0. The van der Waals surface area contributed by atoms with E-state index in [9.17, 15) is 10.1 Å². The SMILES string of the molecule is Cc1sc(-c2cn[nH]c2N)nc1-c1cccc([N+](=O)[O-])c1. The molecule has 21 heavy (non-hydrogen) atoms. The zero-order chi connectivity index (χ0) is 15.0. The summed E-state index contributed by atoms with van der Waals surface area (Å²) in [6.45, 7) is 1.92. The van der Waals surface area contributed by atoms with Gasteiger partial charge in [-0.2, -0.15) is 5.10 Å². The van der Waals surface area contributed by atoms with Crippen molar-refractivity contribution in [3.8, 4) is 21.8 Å². The predicted octanol–water partition coefficient (Wildman–Crippen LogP) is 3.00. The van der Waals surface area contributed by atoms with Crippen LogP contribution < -0.4 is 5.73 Å². The van der Waals surface area contributed by atoms with Gasteiger partial charge < -0.3 is 5.73 Å². The van der Waals surface area contributed by atoms with Crippen molar-refractivity contribution in [1.29, 1.82) is 0 Å². The van der Waals surface area contributed by atoms with E-state index in [2.05, 4.69) is 15.2 Å². The fourth-order valence-electron chi connectivity index (χ4n) is 2.01. The van der Waals surface area contributed by atoms with Gasteiger partial charge in [0.15, 0.2) is 0 Å². The van der Waals surface area contributed by atoms with Gasteiger partial charge in [-0.25, -0.2) is 4.98 Å². The van der Waals surface area contributed by atoms with Crippen LogP contribution in [0, 0.1) is 17.0 Å². The van der Waals surface area contributed by atoms with Crippen LogP contribution in [0.4, 0.5) is 11.5 Å². The molecular formula is C13H11N5O2S. The molecule has 0 aliphatic heterocycles. The van der Waals surface area contributed by atoms with Crippen LogP contribution in [0.2, 0.25) is 0 Å². The molecule has 0 fully saturated rings. The van der Waals surface area contributed by atoms with Crippen LogP contribution in [0.1, 0.15) is 4.88 Å². The summed E-state index contributed by atoms with van der Waals surface area (Å²) in [7, 11) is 0. The number of rotatable bonds is 3. The minimum Gasteiger partial charge on any atom is -0.383 e. The summed E-state index contributed by atoms with van der Waals surface area (Å²) in [5, 5.41) is 18.1. The normalized spacial score (nSPS) is 10.7. The quantitative estimate of drug-likeness (QED) is 0.570. The number of anilines is 1. The number of hydrogen-bond acceptors (Lipinski definition) is 6. The summed E-state index contributed by atoms with van der Waals surface area (Å²) >= 11 is 1.47. The average Bonchev–Trinajstić information content (AvgIpc) is 3.04. The summed E-state index contributed by atoms with van der Waals surface area (Å²) < 4.78 is 0. The van der Waals surface area contributed by atoms with Gasteiger partial charge in [0.2, 0.25) is 0 Å². The van der Waals surface area contributed by atoms with E-state index < -0.39 is 4.92 Å². The summed E-state index contributed by atoms with van der Waals surface area (Å²) in [6, 6.07) is 6.43. The number of nitrogens with two attached hydrogens (primary N) is 1. The fourth-order valence-corrected chi connectivity index (χ4v) is 2.97. The molecule has 3 rings (SSSR count). The maximum Gasteiger partial charge on any atom is 0.270 e. The number of nitro groups is 1. The van der Waals surface area contributed by atoms with Crippen LogP contribution >= 0.6 is 11.3 Å². The molecule has 0 spiro atoms. The number of nitrogens with zero attached hydrogens (tertiary/aromatic N) is 3. The van der Waals surface area contributed by atoms with Crippen LogP contribution in [-0.4, -0.2) is 20.1 Å². The molecule has 0 aliphatic rings. The Balaban J connectivity index is 2.08. The summed E-state index contributed by atoms with van der Waals surface area (Å²) in [5.41, 5.74) is 8.01. The van der Waals surface area contributed by atoms with E-state index >= 15 is 0 Å². The third-order valence-electron chi connectivity index (χ3n) is 3.03. The second-order valence-corrected chi connectivity index (χ2v) is 5.63. The highest BCUT2D eigenvalue weighted by Crippen LogP contribution is 2.35. The molecule has 0 bridgehead atoms. The first-order chi connectivity index (χ1) is 10.1. The largest absolute Gasteiger partial charge is 0.383 e. The van der Waals surface area contributed by atoms with Crippen LogP contribution in [0.15, 0.2) is 30.5 Å². The molecule has 106 valence electrons. The summed E-state index contributed by atoms with van der Waals surface area (Å²) in [6.07, 6.45) is 1.62. The Bertz CT molecular complexity index is 824. The first-order valence-electron chi connectivity index (χ1n) is 6.07. The van der Waals surface area contributed by atoms with E-state index in [1.165, 1.54) is 23.5 Å². The van der Waals surface area contributed by atoms with Gasteiger partial charge in [-0.1, -0.05) is 12.1 Å². The number of H-pyrrole nitrogens is 1. The lowest BCUT2D eigenvalue weighted by molar-refractivity contribution is -0.384. The predicted molar refractivity (Wildman–Crippen MR) is 80.9 cm³/mol. The maximum absolute atomic E-state index is 10.9. The molecule has 1 aromatic carbocycles. The van der Waals surface area contributed by atoms with Gasteiger partial charge in [-0.05, 0) is 6.92 Å². The van der Waals surface area contributed by atoms with Crippen molar-refractivity contribution in [3.63, 3.8) is 0 Å². The molecule has 2 aromatic heterocycles. The fraction of sp³-hybridized carbons (Fsp3) is 0.0769. The van der Waals surface area contributed by atoms with Crippen LogP contribution in [0.25, 0.3) is 21.8 Å². The Kier molecular flexibility index (Phi) is 3.15. The Morgan fingerprint density at radius 1 is 1.43 bits per heavy atom. The van der Waals surface area contributed by atoms with E-state index in [-0.39, 0.29) is 5.69 Å². The zero-order valence-electron chi connectivity index (χ0n) is 11.0. The van der Waals surface area contributed by atoms with E-state index in [1.807, 2.05) is 6.92 Å². The van der Waals surface area contributed by atoms with Gasteiger partial charge in [0.05, 0.1) is 22.4 Å². The lowest BCUT2D eigenvalue weighted by atomic mass is 10.1. The van der Waals surface area contributed by atoms with Gasteiger partial charge in [0.25, 0.3) is 5.69 Å². The monoisotopic (exact) mass is 301 g/mol. The Hall–Kier alpha value is -2.74. The van der Waals surface area contributed by atoms with Crippen molar-refractivity contribution in [2.75, 3.05) is 5.73 Å². The van der Waals surface area contributed by atoms with Crippen molar-refractivity contribution in [2.24, 2.45) is 0 Å². The molecule has 0 unspecified atom stereocenters. The molecule has 3 aromatic rings. The molecule has 0 atom stereocenters. The second kappa shape index (κ2) is 4.98. The summed E-state index contributed by atoms with van der Waals surface area (Å²) in [5.74, 6) is 0.453. The molecule has 0 amide bonds. The first-order valence-corrected chi connectivity index (χ1v) is 6.89. The Labute approximate surface area is 123 Å². The minimum atomic E-state index is -0.416. The van der Waals surface area contributed by atoms with Gasteiger partial charge in [-0.15, -0.1) is 11.3 Å². The molecule has 0 saturated carbocycles. The molecule has 3 N–H and O–H groups in total. The lowest BCUT2D eigenvalue weighted by Crippen LogP contribution is -1.89. The highest BCUT2D eigenvalue weighted by atomic mass is 32.1. The van der Waals surface area contributed by atoms with Gasteiger partial charge in [0, 0.05) is 22.6 Å². The molecule has 0 radical (unpaired) electrons. The number of nitrogens with one attached hydrogen (secondary N) is 1. The zero-order valence-corrected chi connectivity index (χ0v) is 11.8. The topological polar surface area (TPSA) is 111 Å². The number of hydrogen-bond donors (Lipinski definition) is 2. The number of aromatic nitrogens is 3. The van der Waals surface area contributed by atoms with E-state index in [1.54, 1.807) is 18.3 Å². The van der Waals surface area contributed by atoms with Crippen molar-refractivity contribution >= 4 is 22.8 Å². The third kappa shape index (κ3) is 2.36. The van der Waals surface area contributed by atoms with Crippen molar-refractivity contribution in [1.82, 2.24) is 15.2 Å². The van der Waals surface area contributed by atoms with Crippen LogP contribution in [-0.2, 0) is 0 Å². The van der Waals surface area contributed by atoms with Crippen molar-refractivity contribution in [2.45, 2.75) is 6.92 Å². The Morgan fingerprint density at radius 2 is 2.24 bits per heavy atom. The highest BCUT2D eigenvalue weighted by Gasteiger charge is 2.16. The number of thiazole rings is 1. The van der Waals surface area contributed by atoms with Gasteiger partial charge in [0.1, 0.15) is 10.8 Å². The van der Waals surface area contributed by atoms with E-state index in [0.29, 0.717) is 11.4 Å². The molecule has 0 aliphatic carbocycles. The Morgan fingerprint density at radius 3 is 2.90 bits per heavy atom. The lowest BCUT2D eigenvalue weighted by Gasteiger charge is -1.98. The maximum atomic E-state index is 10.9. The number of nitrogen functional groups attached to an aromatic ring is 1. The van der Waals surface area contributed by atoms with Crippen LogP contribution in [0.5, 0.6) is 0 Å². The average molecular weight is 301 g/mol. The van der Waals surface area contributed by atoms with E-state index in [4.69, 9.17) is 5.73 Å². The third-order valence-corrected chi connectivity index (χ3v) is 4.03. The standard InChI is InChI=1S/C13H11N5O2S/c1-7-11(8-3-2-4-9(5-8)18(19)20)16-13(21-7)10-6-15-17-12(10)14/h2-6H,1H3,(H3,14,15,17). The minimum absolute atomic E-state index is 0.0456. The first kappa shape index (κ1) is 13.3. The van der Waals surface area contributed by atoms with Crippen molar-refractivity contribution < 1.29 is 4.92 Å². The molecule has 0 saturated heterocycles. The van der Waals surface area contributed by atoms with Gasteiger partial charge >= 0.3 is 0 Å². The number of benzene rings is 1. The number of aromatic amines is 1. The number of non-ortho nitro benzene ring substituents is 1. The number of nitro benzene ring substituents is 1. The molecule has 8 heteroatoms.